The van der Waals surface area contributed by atoms with Crippen molar-refractivity contribution >= 4 is 6.03 Å². The Kier molecular flexibility index (Phi) is 8.77. The van der Waals surface area contributed by atoms with Gasteiger partial charge in [0.1, 0.15) is 5.82 Å². The van der Waals surface area contributed by atoms with Gasteiger partial charge >= 0.3 is 6.03 Å². The van der Waals surface area contributed by atoms with Gasteiger partial charge in [0.2, 0.25) is 0 Å². The van der Waals surface area contributed by atoms with Crippen LogP contribution in [0.3, 0.4) is 0 Å². The summed E-state index contributed by atoms with van der Waals surface area (Å²) in [4.78, 5) is 15.1. The number of benzene rings is 1. The summed E-state index contributed by atoms with van der Waals surface area (Å²) >= 11 is 0. The molecule has 178 valence electrons. The maximum absolute atomic E-state index is 13.2. The maximum Gasteiger partial charge on any atom is 0.315 e. The molecule has 0 saturated carbocycles. The molecule has 4 rings (SSSR count). The van der Waals surface area contributed by atoms with E-state index in [1.54, 1.807) is 12.1 Å². The van der Waals surface area contributed by atoms with Crippen molar-refractivity contribution in [2.45, 2.75) is 44.6 Å². The molecule has 0 unspecified atom stereocenters. The number of amides is 2. The molecular formula is C25H39FN4O2. The van der Waals surface area contributed by atoms with Crippen molar-refractivity contribution in [1.29, 1.82) is 0 Å². The smallest absolute Gasteiger partial charge is 0.315 e. The van der Waals surface area contributed by atoms with Gasteiger partial charge in [-0.1, -0.05) is 12.1 Å². The number of hydrogen-bond acceptors (Lipinski definition) is 4. The lowest BCUT2D eigenvalue weighted by atomic mass is 9.88. The van der Waals surface area contributed by atoms with Crippen LogP contribution >= 0.6 is 0 Å². The normalized spacial score (nSPS) is 27.7. The molecule has 3 saturated heterocycles. The maximum atomic E-state index is 13.2. The highest BCUT2D eigenvalue weighted by Gasteiger charge is 2.30. The number of likely N-dealkylation sites (tertiary alicyclic amines) is 1. The van der Waals surface area contributed by atoms with Gasteiger partial charge in [-0.15, -0.1) is 0 Å². The van der Waals surface area contributed by atoms with Crippen LogP contribution in [-0.4, -0.2) is 69.5 Å². The summed E-state index contributed by atoms with van der Waals surface area (Å²) in [6.07, 6.45) is 6.60. The average Bonchev–Trinajstić information content (AvgIpc) is 2.81. The monoisotopic (exact) mass is 446 g/mol. The molecule has 3 aliphatic rings. The molecule has 0 spiro atoms. The molecule has 3 atom stereocenters. The van der Waals surface area contributed by atoms with Gasteiger partial charge in [-0.2, -0.15) is 0 Å². The first-order valence-corrected chi connectivity index (χ1v) is 12.5. The Bertz CT molecular complexity index is 710. The van der Waals surface area contributed by atoms with Gasteiger partial charge in [0.15, 0.2) is 0 Å². The third-order valence-electron chi connectivity index (χ3n) is 7.37. The Morgan fingerprint density at radius 2 is 1.94 bits per heavy atom. The van der Waals surface area contributed by atoms with Gasteiger partial charge in [-0.25, -0.2) is 9.18 Å². The third kappa shape index (κ3) is 7.15. The minimum Gasteiger partial charge on any atom is -0.381 e. The largest absolute Gasteiger partial charge is 0.381 e. The van der Waals surface area contributed by atoms with Crippen LogP contribution in [0.25, 0.3) is 0 Å². The van der Waals surface area contributed by atoms with E-state index in [0.717, 1.165) is 78.2 Å². The van der Waals surface area contributed by atoms with Gasteiger partial charge < -0.3 is 25.6 Å². The lowest BCUT2D eigenvalue weighted by Gasteiger charge is -2.39. The molecule has 0 aromatic heterocycles. The molecule has 6 nitrogen and oxygen atoms in total. The molecule has 32 heavy (non-hydrogen) atoms. The average molecular weight is 447 g/mol. The van der Waals surface area contributed by atoms with Crippen LogP contribution in [0.15, 0.2) is 24.3 Å². The number of ether oxygens (including phenoxy) is 1. The topological polar surface area (TPSA) is 65.6 Å². The van der Waals surface area contributed by atoms with Crippen LogP contribution in [0.1, 0.15) is 37.7 Å². The summed E-state index contributed by atoms with van der Waals surface area (Å²) in [5.74, 6) is 1.45. The van der Waals surface area contributed by atoms with E-state index in [-0.39, 0.29) is 17.9 Å². The third-order valence-corrected chi connectivity index (χ3v) is 7.37. The lowest BCUT2D eigenvalue weighted by molar-refractivity contribution is 0.0668. The van der Waals surface area contributed by atoms with Crippen molar-refractivity contribution in [2.75, 3.05) is 52.5 Å². The van der Waals surface area contributed by atoms with Crippen LogP contribution in [0, 0.1) is 23.6 Å². The first kappa shape index (κ1) is 23.5. The Balaban J connectivity index is 1.23. The zero-order valence-corrected chi connectivity index (χ0v) is 19.2. The van der Waals surface area contributed by atoms with Crippen molar-refractivity contribution in [3.63, 3.8) is 0 Å². The molecule has 1 aromatic carbocycles. The highest BCUT2D eigenvalue weighted by atomic mass is 19.1. The Morgan fingerprint density at radius 3 is 2.75 bits per heavy atom. The Hall–Kier alpha value is -1.70. The fourth-order valence-corrected chi connectivity index (χ4v) is 5.48. The summed E-state index contributed by atoms with van der Waals surface area (Å²) in [6, 6.07) is 7.08. The zero-order chi connectivity index (χ0) is 22.2. The Labute approximate surface area is 191 Å². The standard InChI is InChI=1S/C25H39FN4O2/c26-23-5-3-19(4-6-23)14-21-2-1-11-30(17-21)18-22-7-10-27-16-24(22)29-25(31)28-15-20-8-12-32-13-9-20/h3-6,20-22,24,27H,1-2,7-18H2,(H2,28,29,31)/t21-,22-,24-/m0/s1. The molecule has 7 heteroatoms. The molecular weight excluding hydrogens is 407 g/mol. The van der Waals surface area contributed by atoms with E-state index in [4.69, 9.17) is 4.74 Å². The minimum atomic E-state index is -0.166. The predicted octanol–water partition coefficient (Wildman–Crippen LogP) is 2.78. The van der Waals surface area contributed by atoms with E-state index in [9.17, 15) is 9.18 Å². The van der Waals surface area contributed by atoms with Crippen LogP contribution < -0.4 is 16.0 Å². The number of rotatable bonds is 7. The minimum absolute atomic E-state index is 0.0389. The van der Waals surface area contributed by atoms with Crippen LogP contribution in [0.4, 0.5) is 9.18 Å². The van der Waals surface area contributed by atoms with E-state index < -0.39 is 0 Å². The molecule has 0 bridgehead atoms. The van der Waals surface area contributed by atoms with Crippen molar-refractivity contribution in [2.24, 2.45) is 17.8 Å². The van der Waals surface area contributed by atoms with Crippen LogP contribution in [0.5, 0.6) is 0 Å². The van der Waals surface area contributed by atoms with Crippen molar-refractivity contribution in [1.82, 2.24) is 20.9 Å². The van der Waals surface area contributed by atoms with Crippen molar-refractivity contribution in [3.05, 3.63) is 35.6 Å². The molecule has 3 aliphatic heterocycles. The summed E-state index contributed by atoms with van der Waals surface area (Å²) < 4.78 is 18.6. The first-order chi connectivity index (χ1) is 15.7. The molecule has 1 aromatic rings. The highest BCUT2D eigenvalue weighted by molar-refractivity contribution is 5.74. The number of nitrogens with zero attached hydrogens (tertiary/aromatic N) is 1. The van der Waals surface area contributed by atoms with Crippen LogP contribution in [0.2, 0.25) is 0 Å². The van der Waals surface area contributed by atoms with E-state index in [2.05, 4.69) is 20.9 Å². The van der Waals surface area contributed by atoms with Gasteiger partial charge in [0.05, 0.1) is 0 Å². The van der Waals surface area contributed by atoms with Gasteiger partial charge in [-0.3, -0.25) is 0 Å². The summed E-state index contributed by atoms with van der Waals surface area (Å²) in [7, 11) is 0. The number of carbonyl (C=O) groups is 1. The number of hydrogen-bond donors (Lipinski definition) is 3. The van der Waals surface area contributed by atoms with E-state index in [1.807, 2.05) is 12.1 Å². The van der Waals surface area contributed by atoms with E-state index in [0.29, 0.717) is 17.8 Å². The number of nitrogens with one attached hydrogen (secondary N) is 3. The van der Waals surface area contributed by atoms with Crippen LogP contribution in [-0.2, 0) is 11.2 Å². The summed E-state index contributed by atoms with van der Waals surface area (Å²) in [6.45, 7) is 7.45. The SMILES string of the molecule is O=C(NCC1CCOCC1)N[C@H]1CNCC[C@H]1CN1CCC[C@@H](Cc2ccc(F)cc2)C1. The fraction of sp³-hybridized carbons (Fsp3) is 0.720. The van der Waals surface area contributed by atoms with E-state index in [1.165, 1.54) is 18.4 Å². The first-order valence-electron chi connectivity index (χ1n) is 12.5. The van der Waals surface area contributed by atoms with E-state index >= 15 is 0 Å². The second kappa shape index (κ2) is 12.0. The molecule has 3 N–H and O–H groups in total. The number of piperidine rings is 2. The number of halogens is 1. The summed E-state index contributed by atoms with van der Waals surface area (Å²) in [5, 5.41) is 9.79. The number of carbonyl (C=O) groups excluding carboxylic acids is 1. The molecule has 3 fully saturated rings. The molecule has 0 radical (unpaired) electrons. The summed E-state index contributed by atoms with van der Waals surface area (Å²) in [5.41, 5.74) is 1.22. The van der Waals surface area contributed by atoms with Crippen molar-refractivity contribution in [3.8, 4) is 0 Å². The molecule has 0 aliphatic carbocycles. The second-order valence-corrected chi connectivity index (χ2v) is 9.87. The lowest BCUT2D eigenvalue weighted by Crippen LogP contribution is -2.56. The van der Waals surface area contributed by atoms with Gasteiger partial charge in [-0.05, 0) is 87.1 Å². The quantitative estimate of drug-likeness (QED) is 0.603. The fourth-order valence-electron chi connectivity index (χ4n) is 5.48. The zero-order valence-electron chi connectivity index (χ0n) is 19.2. The van der Waals surface area contributed by atoms with Gasteiger partial charge in [0, 0.05) is 45.4 Å². The predicted molar refractivity (Wildman–Crippen MR) is 124 cm³/mol. The molecule has 2 amide bonds. The Morgan fingerprint density at radius 1 is 1.12 bits per heavy atom. The van der Waals surface area contributed by atoms with Gasteiger partial charge in [0.25, 0.3) is 0 Å². The second-order valence-electron chi connectivity index (χ2n) is 9.87. The highest BCUT2D eigenvalue weighted by Crippen LogP contribution is 2.24. The molecule has 3 heterocycles. The number of urea groups is 1. The van der Waals surface area contributed by atoms with Crippen molar-refractivity contribution < 1.29 is 13.9 Å².